The number of benzene rings is 2. The van der Waals surface area contributed by atoms with Crippen molar-refractivity contribution in [1.82, 2.24) is 35.1 Å². The minimum atomic E-state index is -2.87. The maximum atomic E-state index is 16.1. The summed E-state index contributed by atoms with van der Waals surface area (Å²) in [6.07, 6.45) is 6.07. The Morgan fingerprint density at radius 2 is 1.77 bits per heavy atom. The van der Waals surface area contributed by atoms with Crippen molar-refractivity contribution < 1.29 is 27.9 Å². The Bertz CT molecular complexity index is 2490. The van der Waals surface area contributed by atoms with Crippen molar-refractivity contribution in [2.75, 3.05) is 55.4 Å². The van der Waals surface area contributed by atoms with Gasteiger partial charge in [0.05, 0.1) is 40.9 Å². The van der Waals surface area contributed by atoms with Crippen molar-refractivity contribution in [3.63, 3.8) is 0 Å². The molecule has 6 heterocycles. The molecule has 2 saturated heterocycles. The Morgan fingerprint density at radius 1 is 0.950 bits per heavy atom. The topological polar surface area (TPSA) is 149 Å². The lowest BCUT2D eigenvalue weighted by atomic mass is 9.65. The number of halogens is 3. The van der Waals surface area contributed by atoms with E-state index in [1.807, 2.05) is 36.2 Å². The van der Waals surface area contributed by atoms with Crippen LogP contribution >= 0.6 is 11.6 Å². The van der Waals surface area contributed by atoms with E-state index in [1.165, 1.54) is 11.1 Å². The summed E-state index contributed by atoms with van der Waals surface area (Å²) in [4.78, 5) is 51.2. The minimum Gasteiger partial charge on any atom is -0.490 e. The predicted octanol–water partition coefficient (Wildman–Crippen LogP) is 6.84. The molecule has 3 N–H and O–H groups in total. The number of aromatic nitrogens is 4. The monoisotopic (exact) mass is 838 g/mol. The number of rotatable bonds is 9. The maximum Gasteiger partial charge on any atom is 0.328 e. The van der Waals surface area contributed by atoms with E-state index in [-0.39, 0.29) is 37.4 Å². The first-order chi connectivity index (χ1) is 29.0. The molecule has 312 valence electrons. The van der Waals surface area contributed by atoms with Gasteiger partial charge < -0.3 is 20.3 Å². The van der Waals surface area contributed by atoms with Crippen molar-refractivity contribution in [1.29, 1.82) is 0 Å². The number of nitrogens with zero attached hydrogens (tertiary/aromatic N) is 7. The average Bonchev–Trinajstić information content (AvgIpc) is 3.89. The number of carbonyl (C=O) groups excluding carboxylic acids is 3. The van der Waals surface area contributed by atoms with Crippen LogP contribution < -0.4 is 30.5 Å². The average molecular weight is 839 g/mol. The molecule has 4 amide bonds. The molecule has 3 aliphatic heterocycles. The molecule has 3 fully saturated rings. The molecule has 0 unspecified atom stereocenters. The molecule has 1 saturated carbocycles. The van der Waals surface area contributed by atoms with Gasteiger partial charge in [-0.1, -0.05) is 29.8 Å². The van der Waals surface area contributed by atoms with E-state index in [0.717, 1.165) is 40.2 Å². The van der Waals surface area contributed by atoms with E-state index in [2.05, 4.69) is 38.0 Å². The van der Waals surface area contributed by atoms with Crippen LogP contribution in [-0.4, -0.2) is 94.6 Å². The van der Waals surface area contributed by atoms with Gasteiger partial charge in [-0.15, -0.1) is 5.10 Å². The summed E-state index contributed by atoms with van der Waals surface area (Å²) in [6, 6.07) is 16.5. The molecule has 60 heavy (non-hydrogen) atoms. The number of alkyl halides is 2. The van der Waals surface area contributed by atoms with Crippen LogP contribution in [0.15, 0.2) is 67.0 Å². The fourth-order valence-electron chi connectivity index (χ4n) is 9.26. The molecule has 2 aromatic carbocycles. The highest BCUT2D eigenvalue weighted by Crippen LogP contribution is 2.53. The normalized spacial score (nSPS) is 21.6. The highest BCUT2D eigenvalue weighted by Gasteiger charge is 2.57. The Hall–Kier alpha value is -5.87. The third-order valence-electron chi connectivity index (χ3n) is 12.6. The molecule has 1 spiro atoms. The second-order valence-corrected chi connectivity index (χ2v) is 16.4. The molecule has 4 aliphatic rings. The quantitative estimate of drug-likeness (QED) is 0.144. The number of imide groups is 1. The van der Waals surface area contributed by atoms with Gasteiger partial charge in [0.1, 0.15) is 5.75 Å². The SMILES string of the molecule is CNC(=O)c1cnc2c(NC)cc(N3CCc4c(-c5ccc(CN6CCC7(CCC(Oc8ccc(Cl)c(N9CCC(=O)NC9=O)c8)CC7)C(F)(F)C6)cn5)cccc43)nn12. The molecule has 5 aromatic rings. The lowest BCUT2D eigenvalue weighted by molar-refractivity contribution is -0.189. The number of amides is 4. The molecule has 9 rings (SSSR count). The van der Waals surface area contributed by atoms with Crippen LogP contribution in [0.1, 0.15) is 60.1 Å². The van der Waals surface area contributed by atoms with Gasteiger partial charge in [0.25, 0.3) is 11.8 Å². The first-order valence-electron chi connectivity index (χ1n) is 20.3. The van der Waals surface area contributed by atoms with E-state index < -0.39 is 17.4 Å². The number of urea groups is 1. The second kappa shape index (κ2) is 15.6. The summed E-state index contributed by atoms with van der Waals surface area (Å²) in [7, 11) is 3.38. The van der Waals surface area contributed by atoms with Gasteiger partial charge in [0, 0.05) is 75.1 Å². The Morgan fingerprint density at radius 3 is 2.50 bits per heavy atom. The number of likely N-dealkylation sites (tertiary alicyclic amines) is 1. The lowest BCUT2D eigenvalue weighted by Gasteiger charge is -2.50. The lowest BCUT2D eigenvalue weighted by Crippen LogP contribution is -2.57. The zero-order chi connectivity index (χ0) is 41.8. The minimum absolute atomic E-state index is 0.164. The van der Waals surface area contributed by atoms with Crippen molar-refractivity contribution in [3.8, 4) is 17.0 Å². The number of pyridine rings is 1. The third-order valence-corrected chi connectivity index (χ3v) is 12.9. The van der Waals surface area contributed by atoms with Crippen LogP contribution in [0, 0.1) is 5.41 Å². The van der Waals surface area contributed by atoms with Gasteiger partial charge >= 0.3 is 6.03 Å². The van der Waals surface area contributed by atoms with Crippen LogP contribution in [0.5, 0.6) is 5.75 Å². The highest BCUT2D eigenvalue weighted by atomic mass is 35.5. The fraction of sp³-hybridized carbons (Fsp3) is 0.395. The summed E-state index contributed by atoms with van der Waals surface area (Å²) < 4.78 is 40.1. The number of fused-ring (bicyclic) bond motifs is 2. The smallest absolute Gasteiger partial charge is 0.328 e. The largest absolute Gasteiger partial charge is 0.490 e. The number of piperidine rings is 1. The van der Waals surface area contributed by atoms with Gasteiger partial charge in [0.2, 0.25) is 5.91 Å². The Balaban J connectivity index is 0.832. The van der Waals surface area contributed by atoms with E-state index in [0.29, 0.717) is 85.4 Å². The van der Waals surface area contributed by atoms with Crippen molar-refractivity contribution in [2.45, 2.75) is 63.5 Å². The van der Waals surface area contributed by atoms with Crippen LogP contribution in [0.25, 0.3) is 16.9 Å². The van der Waals surface area contributed by atoms with Gasteiger partial charge in [-0.05, 0) is 80.5 Å². The zero-order valence-electron chi connectivity index (χ0n) is 33.3. The summed E-state index contributed by atoms with van der Waals surface area (Å²) >= 11 is 6.40. The first kappa shape index (κ1) is 39.6. The summed E-state index contributed by atoms with van der Waals surface area (Å²) in [5.74, 6) is -2.32. The summed E-state index contributed by atoms with van der Waals surface area (Å²) in [6.45, 7) is 1.51. The van der Waals surface area contributed by atoms with E-state index in [9.17, 15) is 14.4 Å². The predicted molar refractivity (Wildman–Crippen MR) is 223 cm³/mol. The molecule has 3 aromatic heterocycles. The first-order valence-corrected chi connectivity index (χ1v) is 20.6. The highest BCUT2D eigenvalue weighted by molar-refractivity contribution is 6.34. The van der Waals surface area contributed by atoms with Gasteiger partial charge in [-0.2, -0.15) is 0 Å². The van der Waals surface area contributed by atoms with E-state index in [1.54, 1.807) is 36.0 Å². The molecule has 0 radical (unpaired) electrons. The second-order valence-electron chi connectivity index (χ2n) is 16.0. The number of nitrogens with one attached hydrogen (secondary N) is 3. The van der Waals surface area contributed by atoms with Crippen LogP contribution in [0.2, 0.25) is 5.02 Å². The fourth-order valence-corrected chi connectivity index (χ4v) is 9.48. The van der Waals surface area contributed by atoms with Crippen LogP contribution in [0.4, 0.5) is 36.5 Å². The summed E-state index contributed by atoms with van der Waals surface area (Å²) in [5.41, 5.74) is 5.80. The molecule has 14 nitrogen and oxygen atoms in total. The maximum absolute atomic E-state index is 16.1. The third kappa shape index (κ3) is 7.14. The molecular weight excluding hydrogens is 794 g/mol. The number of hydrogen-bond donors (Lipinski definition) is 3. The van der Waals surface area contributed by atoms with Crippen LogP contribution in [0.3, 0.4) is 0 Å². The van der Waals surface area contributed by atoms with E-state index in [4.69, 9.17) is 26.4 Å². The standard InChI is InChI=1S/C43H45ClF2N10O4/c1-47-33-21-37(52-56-36(40(58)48-2)23-50-39(33)56)54-17-12-30-29(4-3-5-34(30)54)32-9-6-26(22-49-32)24-53-19-16-42(43(45,46)25-53)14-10-27(11-15-42)60-28-7-8-31(44)35(20-28)55-18-13-38(57)51-41(55)59/h3-9,20-23,27,47H,10-19,24-25H2,1-2H3,(H,48,58)(H,51,57,59). The zero-order valence-corrected chi connectivity index (χ0v) is 34.1. The van der Waals surface area contributed by atoms with Gasteiger partial charge in [-0.25, -0.2) is 23.1 Å². The number of ether oxygens (including phenoxy) is 1. The van der Waals surface area contributed by atoms with Gasteiger partial charge in [-0.3, -0.25) is 29.7 Å². The summed E-state index contributed by atoms with van der Waals surface area (Å²) in [5, 5.41) is 13.3. The Labute approximate surface area is 350 Å². The molecular formula is C43H45ClF2N10O4. The van der Waals surface area contributed by atoms with Gasteiger partial charge in [0.15, 0.2) is 17.2 Å². The molecule has 0 bridgehead atoms. The van der Waals surface area contributed by atoms with Crippen LogP contribution in [-0.2, 0) is 17.8 Å². The molecule has 17 heteroatoms. The van der Waals surface area contributed by atoms with Crippen molar-refractivity contribution in [3.05, 3.63) is 88.8 Å². The Kier molecular flexibility index (Phi) is 10.3. The molecule has 1 aliphatic carbocycles. The van der Waals surface area contributed by atoms with E-state index >= 15 is 8.78 Å². The number of carbonyl (C=O) groups is 3. The molecule has 0 atom stereocenters. The number of anilines is 4. The number of imidazole rings is 1. The van der Waals surface area contributed by atoms with Crippen molar-refractivity contribution >= 4 is 58.0 Å². The van der Waals surface area contributed by atoms with Crippen molar-refractivity contribution in [2.24, 2.45) is 5.41 Å². The number of hydrogen-bond acceptors (Lipinski definition) is 10.